The second-order valence-corrected chi connectivity index (χ2v) is 4.35. The molecule has 2 rings (SSSR count). The van der Waals surface area contributed by atoms with Crippen molar-refractivity contribution in [2.45, 2.75) is 0 Å². The second-order valence-electron chi connectivity index (χ2n) is 3.20. The Morgan fingerprint density at radius 3 is 2.56 bits per heavy atom. The molecular weight excluding hydrogens is 289 g/mol. The molecule has 1 aromatic heterocycles. The Morgan fingerprint density at radius 1 is 1.19 bits per heavy atom. The van der Waals surface area contributed by atoms with Crippen LogP contribution in [-0.2, 0) is 0 Å². The van der Waals surface area contributed by atoms with Crippen molar-refractivity contribution in [3.63, 3.8) is 0 Å². The number of nitrogens with zero attached hydrogens (tertiary/aromatic N) is 3. The molecule has 0 aliphatic carbocycles. The van der Waals surface area contributed by atoms with Crippen LogP contribution in [0.2, 0.25) is 5.15 Å². The van der Waals surface area contributed by atoms with Crippen molar-refractivity contribution < 1.29 is 0 Å². The lowest BCUT2D eigenvalue weighted by Crippen LogP contribution is -2.12. The number of para-hydroxylation sites is 1. The van der Waals surface area contributed by atoms with Crippen molar-refractivity contribution in [3.05, 3.63) is 46.3 Å². The van der Waals surface area contributed by atoms with Gasteiger partial charge in [0.1, 0.15) is 11.5 Å². The summed E-state index contributed by atoms with van der Waals surface area (Å²) < 4.78 is 0.697. The molecule has 0 spiro atoms. The summed E-state index contributed by atoms with van der Waals surface area (Å²) in [6, 6.07) is 9.93. The van der Waals surface area contributed by atoms with Crippen LogP contribution < -0.4 is 4.90 Å². The maximum atomic E-state index is 5.92. The Labute approximate surface area is 107 Å². The van der Waals surface area contributed by atoms with Crippen LogP contribution in [0, 0.1) is 0 Å². The van der Waals surface area contributed by atoms with Crippen molar-refractivity contribution in [1.29, 1.82) is 0 Å². The van der Waals surface area contributed by atoms with Gasteiger partial charge in [0, 0.05) is 12.7 Å². The summed E-state index contributed by atoms with van der Waals surface area (Å²) in [5, 5.41) is 0.410. The number of benzene rings is 1. The fourth-order valence-corrected chi connectivity index (χ4v) is 1.95. The third-order valence-corrected chi connectivity index (χ3v) is 3.43. The summed E-state index contributed by atoms with van der Waals surface area (Å²) in [4.78, 5) is 10.0. The summed E-state index contributed by atoms with van der Waals surface area (Å²) in [6.45, 7) is 0. The number of rotatable bonds is 2. The standard InChI is InChI=1S/C11H9BrClN3/c1-16(8-5-3-2-4-6-8)11-9(12)10(13)14-7-15-11/h2-7H,1H3. The summed E-state index contributed by atoms with van der Waals surface area (Å²) in [5.41, 5.74) is 1.04. The molecule has 1 heterocycles. The second kappa shape index (κ2) is 4.80. The van der Waals surface area contributed by atoms with Crippen molar-refractivity contribution in [2.24, 2.45) is 0 Å². The molecule has 0 atom stereocenters. The van der Waals surface area contributed by atoms with Crippen molar-refractivity contribution in [1.82, 2.24) is 9.97 Å². The van der Waals surface area contributed by atoms with E-state index in [1.54, 1.807) is 0 Å². The normalized spacial score (nSPS) is 10.2. The molecule has 0 fully saturated rings. The lowest BCUT2D eigenvalue weighted by Gasteiger charge is -2.19. The Bertz CT molecular complexity index is 490. The monoisotopic (exact) mass is 297 g/mol. The Hall–Kier alpha value is -1.13. The third kappa shape index (κ3) is 2.18. The van der Waals surface area contributed by atoms with E-state index in [0.717, 1.165) is 11.5 Å². The molecule has 0 bridgehead atoms. The molecule has 0 amide bonds. The summed E-state index contributed by atoms with van der Waals surface area (Å²) in [7, 11) is 1.93. The zero-order chi connectivity index (χ0) is 11.5. The number of halogens is 2. The van der Waals surface area contributed by atoms with Crippen LogP contribution >= 0.6 is 27.5 Å². The molecule has 0 unspecified atom stereocenters. The van der Waals surface area contributed by atoms with Gasteiger partial charge in [-0.05, 0) is 28.1 Å². The van der Waals surface area contributed by atoms with E-state index in [0.29, 0.717) is 9.63 Å². The molecule has 5 heteroatoms. The predicted octanol–water partition coefficient (Wildman–Crippen LogP) is 3.66. The van der Waals surface area contributed by atoms with Crippen LogP contribution in [0.1, 0.15) is 0 Å². The lowest BCUT2D eigenvalue weighted by atomic mass is 10.3. The van der Waals surface area contributed by atoms with Crippen molar-refractivity contribution in [2.75, 3.05) is 11.9 Å². The molecule has 2 aromatic rings. The van der Waals surface area contributed by atoms with Crippen LogP contribution in [0.15, 0.2) is 41.1 Å². The van der Waals surface area contributed by atoms with Gasteiger partial charge < -0.3 is 4.90 Å². The first-order chi connectivity index (χ1) is 7.70. The van der Waals surface area contributed by atoms with Crippen LogP contribution in [0.5, 0.6) is 0 Å². The van der Waals surface area contributed by atoms with Crippen molar-refractivity contribution in [3.8, 4) is 0 Å². The molecule has 0 N–H and O–H groups in total. The van der Waals surface area contributed by atoms with Gasteiger partial charge in [-0.2, -0.15) is 0 Å². The number of aromatic nitrogens is 2. The van der Waals surface area contributed by atoms with E-state index in [4.69, 9.17) is 11.6 Å². The van der Waals surface area contributed by atoms with E-state index in [9.17, 15) is 0 Å². The van der Waals surface area contributed by atoms with E-state index < -0.39 is 0 Å². The highest BCUT2D eigenvalue weighted by molar-refractivity contribution is 9.10. The molecule has 0 aliphatic rings. The van der Waals surface area contributed by atoms with Gasteiger partial charge in [0.15, 0.2) is 5.82 Å². The minimum absolute atomic E-state index is 0.410. The molecule has 0 saturated heterocycles. The zero-order valence-electron chi connectivity index (χ0n) is 8.56. The quantitative estimate of drug-likeness (QED) is 0.792. The van der Waals surface area contributed by atoms with Gasteiger partial charge in [-0.25, -0.2) is 9.97 Å². The first-order valence-corrected chi connectivity index (χ1v) is 5.82. The van der Waals surface area contributed by atoms with Gasteiger partial charge in [0.05, 0.1) is 4.47 Å². The minimum atomic E-state index is 0.410. The number of hydrogen-bond donors (Lipinski definition) is 0. The molecule has 82 valence electrons. The zero-order valence-corrected chi connectivity index (χ0v) is 10.9. The molecule has 1 aromatic carbocycles. The Morgan fingerprint density at radius 2 is 1.88 bits per heavy atom. The average Bonchev–Trinajstić information content (AvgIpc) is 2.33. The molecular formula is C11H9BrClN3. The van der Waals surface area contributed by atoms with Gasteiger partial charge in [0.25, 0.3) is 0 Å². The highest BCUT2D eigenvalue weighted by atomic mass is 79.9. The largest absolute Gasteiger partial charge is 0.328 e. The van der Waals surface area contributed by atoms with Crippen molar-refractivity contribution >= 4 is 39.0 Å². The molecule has 16 heavy (non-hydrogen) atoms. The SMILES string of the molecule is CN(c1ccccc1)c1ncnc(Cl)c1Br. The highest BCUT2D eigenvalue weighted by Gasteiger charge is 2.12. The van der Waals surface area contributed by atoms with E-state index in [1.165, 1.54) is 6.33 Å². The fraction of sp³-hybridized carbons (Fsp3) is 0.0909. The Kier molecular flexibility index (Phi) is 3.41. The predicted molar refractivity (Wildman–Crippen MR) is 69.2 cm³/mol. The molecule has 0 saturated carbocycles. The minimum Gasteiger partial charge on any atom is -0.328 e. The number of hydrogen-bond acceptors (Lipinski definition) is 3. The van der Waals surface area contributed by atoms with Gasteiger partial charge in [-0.15, -0.1) is 0 Å². The van der Waals surface area contributed by atoms with E-state index in [2.05, 4.69) is 25.9 Å². The topological polar surface area (TPSA) is 29.0 Å². The van der Waals surface area contributed by atoms with Crippen LogP contribution in [0.3, 0.4) is 0 Å². The fourth-order valence-electron chi connectivity index (χ4n) is 1.35. The number of anilines is 2. The summed E-state index contributed by atoms with van der Waals surface area (Å²) in [5.74, 6) is 0.742. The first kappa shape index (κ1) is 11.4. The van der Waals surface area contributed by atoms with E-state index in [-0.39, 0.29) is 0 Å². The molecule has 0 aliphatic heterocycles. The summed E-state index contributed by atoms with van der Waals surface area (Å²) >= 11 is 9.30. The molecule has 3 nitrogen and oxygen atoms in total. The van der Waals surface area contributed by atoms with Crippen LogP contribution in [0.25, 0.3) is 0 Å². The van der Waals surface area contributed by atoms with Crippen LogP contribution in [-0.4, -0.2) is 17.0 Å². The summed E-state index contributed by atoms with van der Waals surface area (Å²) in [6.07, 6.45) is 1.45. The highest BCUT2D eigenvalue weighted by Crippen LogP contribution is 2.32. The Balaban J connectivity index is 2.42. The van der Waals surface area contributed by atoms with E-state index >= 15 is 0 Å². The van der Waals surface area contributed by atoms with Crippen LogP contribution in [0.4, 0.5) is 11.5 Å². The average molecular weight is 299 g/mol. The molecule has 0 radical (unpaired) electrons. The maximum absolute atomic E-state index is 5.92. The van der Waals surface area contributed by atoms with Gasteiger partial charge >= 0.3 is 0 Å². The van der Waals surface area contributed by atoms with Gasteiger partial charge in [-0.1, -0.05) is 29.8 Å². The first-order valence-electron chi connectivity index (χ1n) is 4.65. The smallest absolute Gasteiger partial charge is 0.152 e. The van der Waals surface area contributed by atoms with Gasteiger partial charge in [-0.3, -0.25) is 0 Å². The lowest BCUT2D eigenvalue weighted by molar-refractivity contribution is 1.07. The van der Waals surface area contributed by atoms with E-state index in [1.807, 2.05) is 42.3 Å². The third-order valence-electron chi connectivity index (χ3n) is 2.19. The maximum Gasteiger partial charge on any atom is 0.152 e. The van der Waals surface area contributed by atoms with Gasteiger partial charge in [0.2, 0.25) is 0 Å².